The van der Waals surface area contributed by atoms with Gasteiger partial charge < -0.3 is 5.11 Å². The van der Waals surface area contributed by atoms with Crippen LogP contribution in [0.1, 0.15) is 5.82 Å². The molecule has 0 fully saturated rings. The summed E-state index contributed by atoms with van der Waals surface area (Å²) in [5, 5.41) is 30.5. The van der Waals surface area contributed by atoms with E-state index in [2.05, 4.69) is 4.98 Å². The summed E-state index contributed by atoms with van der Waals surface area (Å²) < 4.78 is 0.973. The quantitative estimate of drug-likeness (QED) is 0.621. The van der Waals surface area contributed by atoms with Crippen LogP contribution < -0.4 is 5.56 Å². The molecule has 1 heterocycles. The molecule has 0 atom stereocenters. The zero-order valence-corrected chi connectivity index (χ0v) is 11.3. The molecule has 1 N–H and O–H groups in total. The lowest BCUT2D eigenvalue weighted by atomic mass is 10.2. The van der Waals surface area contributed by atoms with Crippen LogP contribution in [-0.2, 0) is 11.2 Å². The SMILES string of the molecule is O=C(O)Cc1nc(=O)c([N+](=O)[O-])cn1-c1cccc([N+](=O)[O-])c1. The van der Waals surface area contributed by atoms with Gasteiger partial charge >= 0.3 is 17.2 Å². The van der Waals surface area contributed by atoms with Crippen molar-refractivity contribution in [2.75, 3.05) is 0 Å². The summed E-state index contributed by atoms with van der Waals surface area (Å²) in [4.78, 5) is 45.8. The first-order chi connectivity index (χ1) is 10.8. The molecule has 11 nitrogen and oxygen atoms in total. The summed E-state index contributed by atoms with van der Waals surface area (Å²) in [7, 11) is 0. The van der Waals surface area contributed by atoms with E-state index in [4.69, 9.17) is 5.11 Å². The minimum Gasteiger partial charge on any atom is -0.481 e. The van der Waals surface area contributed by atoms with Crippen LogP contribution in [0.2, 0.25) is 0 Å². The predicted octanol–water partition coefficient (Wildman–Crippen LogP) is 0.676. The van der Waals surface area contributed by atoms with Crippen LogP contribution in [0.15, 0.2) is 35.3 Å². The van der Waals surface area contributed by atoms with Gasteiger partial charge in [0.25, 0.3) is 5.69 Å². The molecule has 0 bridgehead atoms. The third-order valence-electron chi connectivity index (χ3n) is 2.80. The van der Waals surface area contributed by atoms with Crippen LogP contribution in [-0.4, -0.2) is 30.5 Å². The second-order valence-electron chi connectivity index (χ2n) is 4.32. The zero-order chi connectivity index (χ0) is 17.1. The Morgan fingerprint density at radius 3 is 2.52 bits per heavy atom. The van der Waals surface area contributed by atoms with E-state index in [0.717, 1.165) is 16.8 Å². The fourth-order valence-electron chi connectivity index (χ4n) is 1.85. The van der Waals surface area contributed by atoms with E-state index < -0.39 is 33.5 Å². The molecule has 1 aromatic heterocycles. The number of hydrogen-bond acceptors (Lipinski definition) is 7. The smallest absolute Gasteiger partial charge is 0.352 e. The van der Waals surface area contributed by atoms with Crippen molar-refractivity contribution >= 4 is 17.3 Å². The first-order valence-corrected chi connectivity index (χ1v) is 6.03. The summed E-state index contributed by atoms with van der Waals surface area (Å²) in [6.45, 7) is 0. The standard InChI is InChI=1S/C12H8N4O7/c17-11(18)5-10-13-12(19)9(16(22)23)6-14(10)7-2-1-3-8(4-7)15(20)21/h1-4,6H,5H2,(H,17,18). The van der Waals surface area contributed by atoms with Gasteiger partial charge in [0, 0.05) is 12.1 Å². The lowest BCUT2D eigenvalue weighted by molar-refractivity contribution is -0.386. The van der Waals surface area contributed by atoms with Gasteiger partial charge in [-0.05, 0) is 6.07 Å². The van der Waals surface area contributed by atoms with Crippen LogP contribution in [0.25, 0.3) is 5.69 Å². The minimum absolute atomic E-state index is 0.0750. The number of nitro groups is 2. The molecule has 0 aliphatic rings. The van der Waals surface area contributed by atoms with Gasteiger partial charge in [-0.15, -0.1) is 0 Å². The van der Waals surface area contributed by atoms with Gasteiger partial charge in [0.05, 0.1) is 21.7 Å². The number of non-ortho nitro benzene ring substituents is 1. The Morgan fingerprint density at radius 2 is 1.96 bits per heavy atom. The maximum Gasteiger partial charge on any atom is 0.352 e. The Kier molecular flexibility index (Phi) is 4.12. The Bertz CT molecular complexity index is 874. The fourth-order valence-corrected chi connectivity index (χ4v) is 1.85. The Balaban J connectivity index is 2.72. The maximum atomic E-state index is 11.6. The number of benzene rings is 1. The highest BCUT2D eigenvalue weighted by Crippen LogP contribution is 2.19. The number of rotatable bonds is 5. The van der Waals surface area contributed by atoms with Crippen LogP contribution in [0.5, 0.6) is 0 Å². The first kappa shape index (κ1) is 15.8. The molecule has 0 saturated heterocycles. The lowest BCUT2D eigenvalue weighted by Crippen LogP contribution is -2.21. The molecule has 2 rings (SSSR count). The zero-order valence-electron chi connectivity index (χ0n) is 11.3. The van der Waals surface area contributed by atoms with Gasteiger partial charge in [0.15, 0.2) is 0 Å². The molecular formula is C12H8N4O7. The number of carbonyl (C=O) groups is 1. The largest absolute Gasteiger partial charge is 0.481 e. The molecule has 11 heteroatoms. The van der Waals surface area contributed by atoms with Crippen molar-refractivity contribution < 1.29 is 19.7 Å². The molecule has 0 spiro atoms. The number of nitrogens with zero attached hydrogens (tertiary/aromatic N) is 4. The van der Waals surface area contributed by atoms with Crippen LogP contribution in [0, 0.1) is 20.2 Å². The number of aromatic nitrogens is 2. The molecule has 0 amide bonds. The second kappa shape index (κ2) is 6.01. The van der Waals surface area contributed by atoms with Crippen LogP contribution in [0.3, 0.4) is 0 Å². The number of carboxylic acid groups (broad SMARTS) is 1. The summed E-state index contributed by atoms with van der Waals surface area (Å²) in [5.41, 5.74) is -2.28. The van der Waals surface area contributed by atoms with E-state index in [1.54, 1.807) is 0 Å². The third kappa shape index (κ3) is 3.34. The average Bonchev–Trinajstić information content (AvgIpc) is 2.46. The Morgan fingerprint density at radius 1 is 1.26 bits per heavy atom. The Labute approximate surface area is 126 Å². The number of carboxylic acids is 1. The van der Waals surface area contributed by atoms with Crippen molar-refractivity contribution in [1.29, 1.82) is 0 Å². The molecule has 1 aromatic carbocycles. The first-order valence-electron chi connectivity index (χ1n) is 6.03. The maximum absolute atomic E-state index is 11.6. The van der Waals surface area contributed by atoms with Gasteiger partial charge in [-0.25, -0.2) is 0 Å². The molecule has 23 heavy (non-hydrogen) atoms. The van der Waals surface area contributed by atoms with Crippen molar-refractivity contribution in [3.05, 3.63) is 66.9 Å². The topological polar surface area (TPSA) is 158 Å². The van der Waals surface area contributed by atoms with E-state index in [9.17, 15) is 29.8 Å². The molecule has 118 valence electrons. The van der Waals surface area contributed by atoms with E-state index in [1.165, 1.54) is 18.2 Å². The summed E-state index contributed by atoms with van der Waals surface area (Å²) >= 11 is 0. The number of hydrogen-bond donors (Lipinski definition) is 1. The number of nitro benzene ring substituents is 1. The normalized spacial score (nSPS) is 10.3. The monoisotopic (exact) mass is 320 g/mol. The van der Waals surface area contributed by atoms with E-state index in [-0.39, 0.29) is 17.2 Å². The highest BCUT2D eigenvalue weighted by atomic mass is 16.6. The van der Waals surface area contributed by atoms with Crippen molar-refractivity contribution in [3.63, 3.8) is 0 Å². The van der Waals surface area contributed by atoms with Crippen molar-refractivity contribution in [2.45, 2.75) is 6.42 Å². The fraction of sp³-hybridized carbons (Fsp3) is 0.0833. The average molecular weight is 320 g/mol. The van der Waals surface area contributed by atoms with E-state index in [0.29, 0.717) is 0 Å². The molecule has 0 saturated carbocycles. The van der Waals surface area contributed by atoms with Gasteiger partial charge in [0.1, 0.15) is 12.2 Å². The van der Waals surface area contributed by atoms with Crippen LogP contribution in [0.4, 0.5) is 11.4 Å². The molecule has 0 unspecified atom stereocenters. The highest BCUT2D eigenvalue weighted by molar-refractivity contribution is 5.69. The lowest BCUT2D eigenvalue weighted by Gasteiger charge is -2.10. The molecule has 0 aliphatic carbocycles. The Hall–Kier alpha value is -3.63. The molecule has 0 radical (unpaired) electrons. The third-order valence-corrected chi connectivity index (χ3v) is 2.80. The molecule has 2 aromatic rings. The van der Waals surface area contributed by atoms with Crippen molar-refractivity contribution in [2.24, 2.45) is 0 Å². The second-order valence-corrected chi connectivity index (χ2v) is 4.32. The number of aliphatic carboxylic acids is 1. The van der Waals surface area contributed by atoms with Crippen LogP contribution >= 0.6 is 0 Å². The van der Waals surface area contributed by atoms with Gasteiger partial charge in [-0.3, -0.25) is 34.4 Å². The highest BCUT2D eigenvalue weighted by Gasteiger charge is 2.20. The van der Waals surface area contributed by atoms with E-state index in [1.807, 2.05) is 0 Å². The van der Waals surface area contributed by atoms with Gasteiger partial charge in [-0.2, -0.15) is 4.98 Å². The summed E-state index contributed by atoms with van der Waals surface area (Å²) in [6.07, 6.45) is 0.114. The van der Waals surface area contributed by atoms with Crippen molar-refractivity contribution in [3.8, 4) is 5.69 Å². The summed E-state index contributed by atoms with van der Waals surface area (Å²) in [6, 6.07) is 4.97. The van der Waals surface area contributed by atoms with Crippen molar-refractivity contribution in [1.82, 2.24) is 9.55 Å². The molecular weight excluding hydrogens is 312 g/mol. The predicted molar refractivity (Wildman–Crippen MR) is 74.5 cm³/mol. The van der Waals surface area contributed by atoms with E-state index >= 15 is 0 Å². The molecule has 0 aliphatic heterocycles. The van der Waals surface area contributed by atoms with Gasteiger partial charge in [0.2, 0.25) is 0 Å². The summed E-state index contributed by atoms with van der Waals surface area (Å²) in [5.74, 6) is -1.60. The minimum atomic E-state index is -1.31. The van der Waals surface area contributed by atoms with Gasteiger partial charge in [-0.1, -0.05) is 6.07 Å².